The van der Waals surface area contributed by atoms with E-state index >= 15 is 0 Å². The maximum Gasteiger partial charge on any atom is 0.201 e. The number of aromatic hydroxyl groups is 1. The molecule has 0 aliphatic carbocycles. The van der Waals surface area contributed by atoms with Crippen molar-refractivity contribution in [3.63, 3.8) is 0 Å². The highest BCUT2D eigenvalue weighted by atomic mass is 79.9. The summed E-state index contributed by atoms with van der Waals surface area (Å²) >= 11 is 3.39. The lowest BCUT2D eigenvalue weighted by Gasteiger charge is -1.98. The van der Waals surface area contributed by atoms with Gasteiger partial charge in [0.25, 0.3) is 0 Å². The number of rotatable bonds is 2. The third-order valence-electron chi connectivity index (χ3n) is 2.58. The second kappa shape index (κ2) is 4.42. The van der Waals surface area contributed by atoms with Crippen LogP contribution in [0.2, 0.25) is 0 Å². The number of halogens is 1. The smallest absolute Gasteiger partial charge is 0.201 e. The minimum Gasteiger partial charge on any atom is -0.506 e. The number of benzene rings is 1. The monoisotopic (exact) mass is 304 g/mol. The van der Waals surface area contributed by atoms with E-state index in [0.29, 0.717) is 18.0 Å². The predicted molar refractivity (Wildman–Crippen MR) is 70.4 cm³/mol. The molecular formula is C13H9BrN2O2. The van der Waals surface area contributed by atoms with E-state index in [1.54, 1.807) is 18.3 Å². The Hall–Kier alpha value is -1.88. The standard InChI is InChI=1S/C13H9BrN2O2/c14-8-3-4-12-10(6-8)16-13(18-12)7-9-11(17)2-1-5-15-9/h1-6,17H,7H2. The molecule has 0 saturated carbocycles. The third-order valence-corrected chi connectivity index (χ3v) is 3.07. The predicted octanol–water partition coefficient (Wildman–Crippen LogP) is 3.28. The zero-order chi connectivity index (χ0) is 12.5. The lowest BCUT2D eigenvalue weighted by molar-refractivity contribution is 0.460. The van der Waals surface area contributed by atoms with Crippen LogP contribution in [-0.4, -0.2) is 15.1 Å². The highest BCUT2D eigenvalue weighted by Gasteiger charge is 2.10. The molecule has 0 saturated heterocycles. The van der Waals surface area contributed by atoms with Crippen LogP contribution in [0.25, 0.3) is 11.1 Å². The zero-order valence-corrected chi connectivity index (χ0v) is 10.9. The first kappa shape index (κ1) is 11.2. The molecule has 0 amide bonds. The van der Waals surface area contributed by atoms with Gasteiger partial charge in [-0.05, 0) is 30.3 Å². The average Bonchev–Trinajstić information content (AvgIpc) is 2.73. The van der Waals surface area contributed by atoms with E-state index in [1.807, 2.05) is 18.2 Å². The van der Waals surface area contributed by atoms with E-state index in [-0.39, 0.29) is 5.75 Å². The molecule has 0 aliphatic heterocycles. The molecule has 0 radical (unpaired) electrons. The number of hydrogen-bond donors (Lipinski definition) is 1. The van der Waals surface area contributed by atoms with Crippen LogP contribution in [0.15, 0.2) is 45.4 Å². The first-order chi connectivity index (χ1) is 8.72. The first-order valence-corrected chi connectivity index (χ1v) is 6.19. The number of nitrogens with zero attached hydrogens (tertiary/aromatic N) is 2. The Labute approximate surface area is 111 Å². The topological polar surface area (TPSA) is 59.2 Å². The first-order valence-electron chi connectivity index (χ1n) is 5.40. The van der Waals surface area contributed by atoms with Gasteiger partial charge in [-0.1, -0.05) is 15.9 Å². The van der Waals surface area contributed by atoms with Crippen molar-refractivity contribution >= 4 is 27.0 Å². The van der Waals surface area contributed by atoms with Gasteiger partial charge in [-0.2, -0.15) is 0 Å². The summed E-state index contributed by atoms with van der Waals surface area (Å²) < 4.78 is 6.55. The number of oxazole rings is 1. The molecule has 18 heavy (non-hydrogen) atoms. The van der Waals surface area contributed by atoms with Crippen molar-refractivity contribution in [2.75, 3.05) is 0 Å². The van der Waals surface area contributed by atoms with Crippen LogP contribution in [0.3, 0.4) is 0 Å². The summed E-state index contributed by atoms with van der Waals surface area (Å²) in [5, 5.41) is 9.65. The highest BCUT2D eigenvalue weighted by Crippen LogP contribution is 2.23. The van der Waals surface area contributed by atoms with Crippen LogP contribution in [-0.2, 0) is 6.42 Å². The summed E-state index contributed by atoms with van der Waals surface area (Å²) in [6.07, 6.45) is 2.01. The van der Waals surface area contributed by atoms with E-state index in [9.17, 15) is 5.11 Å². The minimum atomic E-state index is 0.154. The SMILES string of the molecule is Oc1cccnc1Cc1nc2cc(Br)ccc2o1. The van der Waals surface area contributed by atoms with Gasteiger partial charge in [-0.3, -0.25) is 4.98 Å². The molecule has 1 aromatic carbocycles. The molecular weight excluding hydrogens is 296 g/mol. The van der Waals surface area contributed by atoms with Gasteiger partial charge in [0.05, 0.1) is 12.1 Å². The van der Waals surface area contributed by atoms with Crippen molar-refractivity contribution in [3.05, 3.63) is 52.6 Å². The fourth-order valence-corrected chi connectivity index (χ4v) is 2.08. The minimum absolute atomic E-state index is 0.154. The summed E-state index contributed by atoms with van der Waals surface area (Å²) in [5.74, 6) is 0.693. The van der Waals surface area contributed by atoms with Crippen molar-refractivity contribution < 1.29 is 9.52 Å². The Kier molecular flexibility index (Phi) is 2.76. The van der Waals surface area contributed by atoms with E-state index in [0.717, 1.165) is 15.6 Å². The maximum absolute atomic E-state index is 9.65. The second-order valence-electron chi connectivity index (χ2n) is 3.87. The Morgan fingerprint density at radius 1 is 1.28 bits per heavy atom. The largest absolute Gasteiger partial charge is 0.506 e. The molecule has 2 aromatic heterocycles. The Bertz CT molecular complexity index is 709. The molecule has 0 aliphatic rings. The third kappa shape index (κ3) is 2.09. The summed E-state index contributed by atoms with van der Waals surface area (Å²) in [7, 11) is 0. The number of pyridine rings is 1. The van der Waals surface area contributed by atoms with Crippen LogP contribution in [0.5, 0.6) is 5.75 Å². The molecule has 0 bridgehead atoms. The van der Waals surface area contributed by atoms with Crippen LogP contribution in [0.4, 0.5) is 0 Å². The number of hydrogen-bond acceptors (Lipinski definition) is 4. The summed E-state index contributed by atoms with van der Waals surface area (Å²) in [6, 6.07) is 8.92. The zero-order valence-electron chi connectivity index (χ0n) is 9.30. The summed E-state index contributed by atoms with van der Waals surface area (Å²) in [4.78, 5) is 8.46. The average molecular weight is 305 g/mol. The molecule has 1 N–H and O–H groups in total. The van der Waals surface area contributed by atoms with Crippen molar-refractivity contribution in [1.82, 2.24) is 9.97 Å². The molecule has 0 unspecified atom stereocenters. The summed E-state index contributed by atoms with van der Waals surface area (Å²) in [6.45, 7) is 0. The fourth-order valence-electron chi connectivity index (χ4n) is 1.73. The van der Waals surface area contributed by atoms with E-state index in [1.165, 1.54) is 0 Å². The molecule has 3 rings (SSSR count). The van der Waals surface area contributed by atoms with Gasteiger partial charge in [-0.15, -0.1) is 0 Å². The van der Waals surface area contributed by atoms with Crippen LogP contribution in [0, 0.1) is 0 Å². The Morgan fingerprint density at radius 2 is 2.17 bits per heavy atom. The normalized spacial score (nSPS) is 10.9. The van der Waals surface area contributed by atoms with Crippen LogP contribution in [0.1, 0.15) is 11.6 Å². The molecule has 5 heteroatoms. The quantitative estimate of drug-likeness (QED) is 0.789. The van der Waals surface area contributed by atoms with Gasteiger partial charge < -0.3 is 9.52 Å². The van der Waals surface area contributed by atoms with Crippen LogP contribution >= 0.6 is 15.9 Å². The molecule has 0 fully saturated rings. The number of aromatic nitrogens is 2. The van der Waals surface area contributed by atoms with E-state index in [4.69, 9.17) is 4.42 Å². The van der Waals surface area contributed by atoms with Gasteiger partial charge in [0, 0.05) is 10.7 Å². The van der Waals surface area contributed by atoms with Gasteiger partial charge in [0.2, 0.25) is 5.89 Å². The lowest BCUT2D eigenvalue weighted by atomic mass is 10.2. The van der Waals surface area contributed by atoms with E-state index in [2.05, 4.69) is 25.9 Å². The second-order valence-corrected chi connectivity index (χ2v) is 4.78. The summed E-state index contributed by atoms with van der Waals surface area (Å²) in [5.41, 5.74) is 2.07. The van der Waals surface area contributed by atoms with Gasteiger partial charge in [0.15, 0.2) is 5.58 Å². The van der Waals surface area contributed by atoms with E-state index < -0.39 is 0 Å². The molecule has 90 valence electrons. The van der Waals surface area contributed by atoms with Gasteiger partial charge in [0.1, 0.15) is 11.3 Å². The van der Waals surface area contributed by atoms with Crippen LogP contribution < -0.4 is 0 Å². The molecule has 3 aromatic rings. The molecule has 4 nitrogen and oxygen atoms in total. The van der Waals surface area contributed by atoms with Gasteiger partial charge in [-0.25, -0.2) is 4.98 Å². The lowest BCUT2D eigenvalue weighted by Crippen LogP contribution is -1.92. The molecule has 2 heterocycles. The number of fused-ring (bicyclic) bond motifs is 1. The van der Waals surface area contributed by atoms with Crippen molar-refractivity contribution in [1.29, 1.82) is 0 Å². The van der Waals surface area contributed by atoms with Gasteiger partial charge >= 0.3 is 0 Å². The fraction of sp³-hybridized carbons (Fsp3) is 0.0769. The molecule has 0 spiro atoms. The Morgan fingerprint density at radius 3 is 3.00 bits per heavy atom. The van der Waals surface area contributed by atoms with Crippen molar-refractivity contribution in [2.24, 2.45) is 0 Å². The maximum atomic E-state index is 9.65. The Balaban J connectivity index is 1.98. The highest BCUT2D eigenvalue weighted by molar-refractivity contribution is 9.10. The van der Waals surface area contributed by atoms with Crippen molar-refractivity contribution in [2.45, 2.75) is 6.42 Å². The van der Waals surface area contributed by atoms with Crippen molar-refractivity contribution in [3.8, 4) is 5.75 Å². The molecule has 0 atom stereocenters.